The smallest absolute Gasteiger partial charge is 0.182 e. The van der Waals surface area contributed by atoms with Crippen molar-refractivity contribution in [1.82, 2.24) is 14.8 Å². The third kappa shape index (κ3) is 4.44. The number of thiazole rings is 1. The molecule has 2 rings (SSSR count). The number of aromatic nitrogens is 1. The van der Waals surface area contributed by atoms with Crippen LogP contribution in [0.1, 0.15) is 31.1 Å². The van der Waals surface area contributed by atoms with E-state index in [4.69, 9.17) is 0 Å². The molecule has 1 saturated heterocycles. The number of hydrogen-bond donors (Lipinski definition) is 1. The fourth-order valence-electron chi connectivity index (χ4n) is 2.63. The molecule has 108 valence electrons. The van der Waals surface area contributed by atoms with Crippen molar-refractivity contribution < 1.29 is 0 Å². The Labute approximate surface area is 120 Å². The zero-order chi connectivity index (χ0) is 13.7. The monoisotopic (exact) mass is 282 g/mol. The Morgan fingerprint density at radius 3 is 3.11 bits per heavy atom. The minimum Gasteiger partial charge on any atom is -0.362 e. The van der Waals surface area contributed by atoms with Gasteiger partial charge in [0, 0.05) is 36.8 Å². The summed E-state index contributed by atoms with van der Waals surface area (Å²) in [4.78, 5) is 10.7. The van der Waals surface area contributed by atoms with Gasteiger partial charge in [-0.2, -0.15) is 0 Å². The number of nitrogens with one attached hydrogen (secondary N) is 1. The van der Waals surface area contributed by atoms with Crippen LogP contribution < -0.4 is 5.32 Å². The van der Waals surface area contributed by atoms with Gasteiger partial charge in [-0.05, 0) is 39.9 Å². The molecule has 0 spiro atoms. The van der Waals surface area contributed by atoms with E-state index in [0.717, 1.165) is 24.6 Å². The van der Waals surface area contributed by atoms with Crippen molar-refractivity contribution in [2.24, 2.45) is 0 Å². The summed E-state index contributed by atoms with van der Waals surface area (Å²) < 4.78 is 0. The summed E-state index contributed by atoms with van der Waals surface area (Å²) in [6.45, 7) is 6.65. The molecule has 4 nitrogen and oxygen atoms in total. The Morgan fingerprint density at radius 1 is 1.53 bits per heavy atom. The SMILES string of the molecule is CCCNc1ncc(CN2CCCC2CN(C)C)s1. The van der Waals surface area contributed by atoms with E-state index >= 15 is 0 Å². The Morgan fingerprint density at radius 2 is 2.37 bits per heavy atom. The van der Waals surface area contributed by atoms with Crippen molar-refractivity contribution in [3.63, 3.8) is 0 Å². The molecule has 1 N–H and O–H groups in total. The molecule has 19 heavy (non-hydrogen) atoms. The van der Waals surface area contributed by atoms with E-state index in [9.17, 15) is 0 Å². The summed E-state index contributed by atoms with van der Waals surface area (Å²) in [5.74, 6) is 0. The maximum Gasteiger partial charge on any atom is 0.182 e. The number of anilines is 1. The fraction of sp³-hybridized carbons (Fsp3) is 0.786. The first-order valence-electron chi connectivity index (χ1n) is 7.26. The molecule has 1 aliphatic rings. The Balaban J connectivity index is 1.87. The first-order chi connectivity index (χ1) is 9.19. The number of likely N-dealkylation sites (N-methyl/N-ethyl adjacent to an activating group) is 1. The predicted octanol–water partition coefficient (Wildman–Crippen LogP) is 2.49. The maximum atomic E-state index is 4.45. The molecule has 0 amide bonds. The molecule has 2 heterocycles. The summed E-state index contributed by atoms with van der Waals surface area (Å²) >= 11 is 1.80. The maximum absolute atomic E-state index is 4.45. The van der Waals surface area contributed by atoms with E-state index < -0.39 is 0 Å². The second-order valence-corrected chi connectivity index (χ2v) is 6.70. The quantitative estimate of drug-likeness (QED) is 0.832. The van der Waals surface area contributed by atoms with Crippen molar-refractivity contribution in [3.8, 4) is 0 Å². The Bertz CT molecular complexity index is 377. The van der Waals surface area contributed by atoms with Crippen molar-refractivity contribution in [2.45, 2.75) is 38.8 Å². The fourth-order valence-corrected chi connectivity index (χ4v) is 3.49. The molecule has 1 fully saturated rings. The number of hydrogen-bond acceptors (Lipinski definition) is 5. The highest BCUT2D eigenvalue weighted by molar-refractivity contribution is 7.15. The number of likely N-dealkylation sites (tertiary alicyclic amines) is 1. The van der Waals surface area contributed by atoms with Crippen LogP contribution in [0.2, 0.25) is 0 Å². The largest absolute Gasteiger partial charge is 0.362 e. The summed E-state index contributed by atoms with van der Waals surface area (Å²) in [5.41, 5.74) is 0. The summed E-state index contributed by atoms with van der Waals surface area (Å²) in [5, 5.41) is 4.43. The van der Waals surface area contributed by atoms with E-state index in [1.807, 2.05) is 6.20 Å². The van der Waals surface area contributed by atoms with Crippen LogP contribution in [0.15, 0.2) is 6.20 Å². The minimum absolute atomic E-state index is 0.712. The molecular formula is C14H26N4S. The van der Waals surface area contributed by atoms with Crippen LogP contribution in [0, 0.1) is 0 Å². The van der Waals surface area contributed by atoms with Crippen molar-refractivity contribution >= 4 is 16.5 Å². The van der Waals surface area contributed by atoms with E-state index in [0.29, 0.717) is 6.04 Å². The third-order valence-corrected chi connectivity index (χ3v) is 4.45. The lowest BCUT2D eigenvalue weighted by molar-refractivity contribution is 0.202. The van der Waals surface area contributed by atoms with Gasteiger partial charge in [0.25, 0.3) is 0 Å². The molecule has 1 unspecified atom stereocenters. The van der Waals surface area contributed by atoms with Gasteiger partial charge in [0.2, 0.25) is 0 Å². The molecule has 0 aliphatic carbocycles. The van der Waals surface area contributed by atoms with E-state index in [-0.39, 0.29) is 0 Å². The van der Waals surface area contributed by atoms with Gasteiger partial charge in [0.1, 0.15) is 0 Å². The van der Waals surface area contributed by atoms with Crippen LogP contribution >= 0.6 is 11.3 Å². The highest BCUT2D eigenvalue weighted by Gasteiger charge is 2.25. The molecule has 5 heteroatoms. The lowest BCUT2D eigenvalue weighted by Crippen LogP contribution is -2.36. The highest BCUT2D eigenvalue weighted by Crippen LogP contribution is 2.24. The first kappa shape index (κ1) is 14.8. The Hall–Kier alpha value is -0.650. The lowest BCUT2D eigenvalue weighted by Gasteiger charge is -2.26. The van der Waals surface area contributed by atoms with Crippen LogP contribution in [0.5, 0.6) is 0 Å². The van der Waals surface area contributed by atoms with Crippen molar-refractivity contribution in [1.29, 1.82) is 0 Å². The molecule has 1 aromatic rings. The lowest BCUT2D eigenvalue weighted by atomic mass is 10.2. The minimum atomic E-state index is 0.712. The summed E-state index contributed by atoms with van der Waals surface area (Å²) in [6, 6.07) is 0.712. The van der Waals surface area contributed by atoms with Crippen LogP contribution in [0.3, 0.4) is 0 Å². The zero-order valence-corrected chi connectivity index (χ0v) is 13.2. The van der Waals surface area contributed by atoms with Gasteiger partial charge in [0.05, 0.1) is 0 Å². The summed E-state index contributed by atoms with van der Waals surface area (Å²) in [7, 11) is 4.33. The molecule has 1 atom stereocenters. The van der Waals surface area contributed by atoms with E-state index in [2.05, 4.69) is 41.1 Å². The van der Waals surface area contributed by atoms with Crippen molar-refractivity contribution in [3.05, 3.63) is 11.1 Å². The molecule has 0 aromatic carbocycles. The molecule has 0 saturated carbocycles. The van der Waals surface area contributed by atoms with Gasteiger partial charge >= 0.3 is 0 Å². The highest BCUT2D eigenvalue weighted by atomic mass is 32.1. The van der Waals surface area contributed by atoms with E-state index in [1.54, 1.807) is 11.3 Å². The molecule has 0 bridgehead atoms. The number of rotatable bonds is 7. The normalized spacial score (nSPS) is 20.3. The third-order valence-electron chi connectivity index (χ3n) is 3.51. The molecule has 0 radical (unpaired) electrons. The summed E-state index contributed by atoms with van der Waals surface area (Å²) in [6.07, 6.45) is 5.84. The molecule has 1 aliphatic heterocycles. The molecular weight excluding hydrogens is 256 g/mol. The zero-order valence-electron chi connectivity index (χ0n) is 12.4. The van der Waals surface area contributed by atoms with Crippen LogP contribution in [0.4, 0.5) is 5.13 Å². The molecule has 1 aromatic heterocycles. The standard InChI is InChI=1S/C14H26N4S/c1-4-7-15-14-16-9-13(19-14)11-18-8-5-6-12(18)10-17(2)3/h9,12H,4-8,10-11H2,1-3H3,(H,15,16). The average Bonchev–Trinajstić information content (AvgIpc) is 2.97. The topological polar surface area (TPSA) is 31.4 Å². The van der Waals surface area contributed by atoms with Gasteiger partial charge in [-0.1, -0.05) is 6.92 Å². The first-order valence-corrected chi connectivity index (χ1v) is 8.08. The average molecular weight is 282 g/mol. The van der Waals surface area contributed by atoms with Crippen LogP contribution in [-0.4, -0.2) is 54.6 Å². The van der Waals surface area contributed by atoms with Gasteiger partial charge in [0.15, 0.2) is 5.13 Å². The second kappa shape index (κ2) is 7.22. The van der Waals surface area contributed by atoms with Crippen LogP contribution in [-0.2, 0) is 6.54 Å². The van der Waals surface area contributed by atoms with Gasteiger partial charge < -0.3 is 10.2 Å². The predicted molar refractivity (Wildman–Crippen MR) is 82.9 cm³/mol. The second-order valence-electron chi connectivity index (χ2n) is 5.59. The van der Waals surface area contributed by atoms with E-state index in [1.165, 1.54) is 30.8 Å². The van der Waals surface area contributed by atoms with Gasteiger partial charge in [-0.3, -0.25) is 4.90 Å². The van der Waals surface area contributed by atoms with Crippen LogP contribution in [0.25, 0.3) is 0 Å². The number of nitrogens with zero attached hydrogens (tertiary/aromatic N) is 3. The van der Waals surface area contributed by atoms with Gasteiger partial charge in [-0.15, -0.1) is 11.3 Å². The van der Waals surface area contributed by atoms with Crippen molar-refractivity contribution in [2.75, 3.05) is 39.0 Å². The van der Waals surface area contributed by atoms with Gasteiger partial charge in [-0.25, -0.2) is 4.98 Å². The Kier molecular flexibility index (Phi) is 5.60.